The Morgan fingerprint density at radius 3 is 2.67 bits per heavy atom. The van der Waals surface area contributed by atoms with Gasteiger partial charge in [0.25, 0.3) is 0 Å². The first kappa shape index (κ1) is 18.8. The lowest BCUT2D eigenvalue weighted by Gasteiger charge is -2.23. The van der Waals surface area contributed by atoms with Crippen LogP contribution in [0.5, 0.6) is 11.5 Å². The van der Waals surface area contributed by atoms with Crippen molar-refractivity contribution in [3.63, 3.8) is 0 Å². The summed E-state index contributed by atoms with van der Waals surface area (Å²) < 4.78 is 16.0. The average molecular weight is 358 g/mol. The number of rotatable bonds is 7. The molecule has 0 saturated carbocycles. The molecule has 1 aliphatic rings. The number of carbonyl (C=O) groups excluding carboxylic acids is 1. The van der Waals surface area contributed by atoms with Crippen molar-refractivity contribution in [2.45, 2.75) is 39.0 Å². The molecular formula is C17H24ClNO5. The zero-order valence-electron chi connectivity index (χ0n) is 14.3. The lowest BCUT2D eigenvalue weighted by molar-refractivity contribution is -0.146. The van der Waals surface area contributed by atoms with Gasteiger partial charge in [-0.1, -0.05) is 11.6 Å². The fourth-order valence-corrected chi connectivity index (χ4v) is 3.22. The van der Waals surface area contributed by atoms with E-state index < -0.39 is 12.1 Å². The van der Waals surface area contributed by atoms with Gasteiger partial charge in [0, 0.05) is 19.5 Å². The molecule has 1 saturated heterocycles. The third kappa shape index (κ3) is 4.32. The van der Waals surface area contributed by atoms with E-state index in [1.165, 1.54) is 7.11 Å². The summed E-state index contributed by atoms with van der Waals surface area (Å²) in [6, 6.07) is 3.21. The summed E-state index contributed by atoms with van der Waals surface area (Å²) >= 11 is 6.32. The molecule has 1 heterocycles. The van der Waals surface area contributed by atoms with Gasteiger partial charge < -0.3 is 19.3 Å². The number of halogens is 1. The normalized spacial score (nSPS) is 20.9. The third-order valence-corrected chi connectivity index (χ3v) is 4.18. The van der Waals surface area contributed by atoms with Gasteiger partial charge in [0.1, 0.15) is 6.04 Å². The summed E-state index contributed by atoms with van der Waals surface area (Å²) in [6.07, 6.45) is -0.172. The summed E-state index contributed by atoms with van der Waals surface area (Å²) in [5.41, 5.74) is 0.884. The largest absolute Gasteiger partial charge is 0.490 e. The molecule has 24 heavy (non-hydrogen) atoms. The molecule has 0 aliphatic carbocycles. The van der Waals surface area contributed by atoms with Crippen molar-refractivity contribution in [1.82, 2.24) is 4.90 Å². The van der Waals surface area contributed by atoms with E-state index in [2.05, 4.69) is 0 Å². The van der Waals surface area contributed by atoms with Gasteiger partial charge in [0.2, 0.25) is 0 Å². The first-order valence-electron chi connectivity index (χ1n) is 8.08. The quantitative estimate of drug-likeness (QED) is 0.755. The molecule has 1 fully saturated rings. The second-order valence-corrected chi connectivity index (χ2v) is 6.04. The second-order valence-electron chi connectivity index (χ2n) is 5.63. The van der Waals surface area contributed by atoms with Gasteiger partial charge in [-0.25, -0.2) is 0 Å². The Kier molecular flexibility index (Phi) is 6.71. The lowest BCUT2D eigenvalue weighted by atomic mass is 10.1. The second kappa shape index (κ2) is 8.55. The first-order chi connectivity index (χ1) is 11.5. The standard InChI is InChI=1S/C17H24ClNO5/c1-4-23-15-7-11(6-13(18)16(15)24-5-2)9-19-10-12(20)8-14(19)17(21)22-3/h6-7,12,14,20H,4-5,8-10H2,1-3H3. The minimum absolute atomic E-state index is 0.339. The van der Waals surface area contributed by atoms with Crippen LogP contribution in [0, 0.1) is 0 Å². The Labute approximate surface area is 147 Å². The summed E-state index contributed by atoms with van der Waals surface area (Å²) in [5, 5.41) is 10.3. The van der Waals surface area contributed by atoms with E-state index in [4.69, 9.17) is 25.8 Å². The van der Waals surface area contributed by atoms with Crippen LogP contribution in [-0.4, -0.2) is 55.0 Å². The fourth-order valence-electron chi connectivity index (χ4n) is 2.93. The smallest absolute Gasteiger partial charge is 0.323 e. The van der Waals surface area contributed by atoms with Gasteiger partial charge in [-0.15, -0.1) is 0 Å². The summed E-state index contributed by atoms with van der Waals surface area (Å²) in [6.45, 7) is 5.62. The molecule has 1 aromatic rings. The number of esters is 1. The van der Waals surface area contributed by atoms with Crippen LogP contribution in [-0.2, 0) is 16.1 Å². The van der Waals surface area contributed by atoms with Crippen LogP contribution < -0.4 is 9.47 Å². The van der Waals surface area contributed by atoms with Crippen LogP contribution >= 0.6 is 11.6 Å². The van der Waals surface area contributed by atoms with E-state index in [1.807, 2.05) is 24.8 Å². The number of methoxy groups -OCH3 is 1. The molecule has 7 heteroatoms. The minimum Gasteiger partial charge on any atom is -0.490 e. The fraction of sp³-hybridized carbons (Fsp3) is 0.588. The van der Waals surface area contributed by atoms with Crippen LogP contribution in [0.3, 0.4) is 0 Å². The molecule has 0 radical (unpaired) electrons. The number of ether oxygens (including phenoxy) is 3. The summed E-state index contributed by atoms with van der Waals surface area (Å²) in [5.74, 6) is 0.764. The summed E-state index contributed by atoms with van der Waals surface area (Å²) in [4.78, 5) is 13.8. The monoisotopic (exact) mass is 357 g/mol. The van der Waals surface area contributed by atoms with E-state index in [1.54, 1.807) is 6.07 Å². The maximum atomic E-state index is 11.9. The van der Waals surface area contributed by atoms with Gasteiger partial charge >= 0.3 is 5.97 Å². The van der Waals surface area contributed by atoms with Crippen molar-refractivity contribution in [3.05, 3.63) is 22.7 Å². The Hall–Kier alpha value is -1.50. The minimum atomic E-state index is -0.543. The number of aliphatic hydroxyl groups excluding tert-OH is 1. The molecule has 2 atom stereocenters. The molecule has 0 aromatic heterocycles. The molecule has 1 aliphatic heterocycles. The Morgan fingerprint density at radius 2 is 2.04 bits per heavy atom. The Morgan fingerprint density at radius 1 is 1.33 bits per heavy atom. The topological polar surface area (TPSA) is 68.2 Å². The van der Waals surface area contributed by atoms with Crippen molar-refractivity contribution in [1.29, 1.82) is 0 Å². The number of hydrogen-bond acceptors (Lipinski definition) is 6. The highest BCUT2D eigenvalue weighted by molar-refractivity contribution is 6.32. The predicted molar refractivity (Wildman–Crippen MR) is 90.6 cm³/mol. The van der Waals surface area contributed by atoms with Crippen molar-refractivity contribution in [2.24, 2.45) is 0 Å². The molecule has 0 spiro atoms. The van der Waals surface area contributed by atoms with Crippen molar-refractivity contribution in [3.8, 4) is 11.5 Å². The first-order valence-corrected chi connectivity index (χ1v) is 8.45. The summed E-state index contributed by atoms with van der Waals surface area (Å²) in [7, 11) is 1.35. The van der Waals surface area contributed by atoms with E-state index >= 15 is 0 Å². The number of hydrogen-bond donors (Lipinski definition) is 1. The molecule has 0 bridgehead atoms. The van der Waals surface area contributed by atoms with E-state index in [-0.39, 0.29) is 5.97 Å². The van der Waals surface area contributed by atoms with Crippen molar-refractivity contribution in [2.75, 3.05) is 26.9 Å². The number of aliphatic hydroxyl groups is 1. The molecule has 134 valence electrons. The zero-order chi connectivity index (χ0) is 17.7. The van der Waals surface area contributed by atoms with E-state index in [0.717, 1.165) is 5.56 Å². The Bertz CT molecular complexity index is 580. The highest BCUT2D eigenvalue weighted by Crippen LogP contribution is 2.37. The van der Waals surface area contributed by atoms with Gasteiger partial charge in [-0.3, -0.25) is 9.69 Å². The maximum absolute atomic E-state index is 11.9. The van der Waals surface area contributed by atoms with E-state index in [9.17, 15) is 9.90 Å². The highest BCUT2D eigenvalue weighted by atomic mass is 35.5. The van der Waals surface area contributed by atoms with E-state index in [0.29, 0.717) is 49.2 Å². The predicted octanol–water partition coefficient (Wildman–Crippen LogP) is 2.25. The van der Waals surface area contributed by atoms with Crippen LogP contribution in [0.15, 0.2) is 12.1 Å². The molecule has 1 N–H and O–H groups in total. The number of likely N-dealkylation sites (tertiary alicyclic amines) is 1. The molecule has 2 rings (SSSR count). The average Bonchev–Trinajstić information content (AvgIpc) is 2.90. The molecular weight excluding hydrogens is 334 g/mol. The lowest BCUT2D eigenvalue weighted by Crippen LogP contribution is -2.36. The van der Waals surface area contributed by atoms with Crippen LogP contribution in [0.4, 0.5) is 0 Å². The molecule has 1 aromatic carbocycles. The van der Waals surface area contributed by atoms with Gasteiger partial charge in [0.05, 0.1) is 31.5 Å². The van der Waals surface area contributed by atoms with Gasteiger partial charge in [0.15, 0.2) is 11.5 Å². The molecule has 2 unspecified atom stereocenters. The molecule has 0 amide bonds. The van der Waals surface area contributed by atoms with Crippen LogP contribution in [0.1, 0.15) is 25.8 Å². The highest BCUT2D eigenvalue weighted by Gasteiger charge is 2.36. The number of β-amino-alcohol motifs (C(OH)–C–C–N with tert-alkyl or cyclic N) is 1. The van der Waals surface area contributed by atoms with Crippen molar-refractivity contribution < 1.29 is 24.1 Å². The van der Waals surface area contributed by atoms with Crippen molar-refractivity contribution >= 4 is 17.6 Å². The molecule has 6 nitrogen and oxygen atoms in total. The number of nitrogens with zero attached hydrogens (tertiary/aromatic N) is 1. The third-order valence-electron chi connectivity index (χ3n) is 3.90. The Balaban J connectivity index is 2.23. The number of benzene rings is 1. The van der Waals surface area contributed by atoms with Gasteiger partial charge in [-0.05, 0) is 31.5 Å². The van der Waals surface area contributed by atoms with Gasteiger partial charge in [-0.2, -0.15) is 0 Å². The number of carbonyl (C=O) groups is 1. The zero-order valence-corrected chi connectivity index (χ0v) is 15.0. The SMILES string of the molecule is CCOc1cc(CN2CC(O)CC2C(=O)OC)cc(Cl)c1OCC. The maximum Gasteiger partial charge on any atom is 0.323 e. The van der Waals surface area contributed by atoms with Crippen LogP contribution in [0.25, 0.3) is 0 Å². The van der Waals surface area contributed by atoms with Crippen LogP contribution in [0.2, 0.25) is 5.02 Å².